The van der Waals surface area contributed by atoms with Crippen molar-refractivity contribution in [3.63, 3.8) is 0 Å². The molecule has 0 aliphatic carbocycles. The third kappa shape index (κ3) is 5.32. The Morgan fingerprint density at radius 3 is 2.53 bits per heavy atom. The van der Waals surface area contributed by atoms with Crippen LogP contribution < -0.4 is 15.5 Å². The highest BCUT2D eigenvalue weighted by Crippen LogP contribution is 2.27. The summed E-state index contributed by atoms with van der Waals surface area (Å²) in [5, 5.41) is 6.28. The van der Waals surface area contributed by atoms with Crippen molar-refractivity contribution in [1.82, 2.24) is 4.90 Å². The highest BCUT2D eigenvalue weighted by molar-refractivity contribution is 6.30. The molecule has 0 saturated carbocycles. The fourth-order valence-corrected chi connectivity index (χ4v) is 4.33. The molecular weight excluding hydrogens is 460 g/mol. The van der Waals surface area contributed by atoms with E-state index in [-0.39, 0.29) is 30.6 Å². The molecule has 4 rings (SSSR count). The van der Waals surface area contributed by atoms with E-state index in [4.69, 9.17) is 21.1 Å². The first-order valence-electron chi connectivity index (χ1n) is 11.0. The molecule has 0 radical (unpaired) electrons. The van der Waals surface area contributed by atoms with Gasteiger partial charge < -0.3 is 29.9 Å². The largest absolute Gasteiger partial charge is 0.380 e. The van der Waals surface area contributed by atoms with Gasteiger partial charge in [0, 0.05) is 48.7 Å². The van der Waals surface area contributed by atoms with Crippen molar-refractivity contribution in [3.8, 4) is 0 Å². The fraction of sp³-hybridized carbons (Fsp3) is 0.375. The van der Waals surface area contributed by atoms with Crippen molar-refractivity contribution < 1.29 is 23.9 Å². The molecule has 0 spiro atoms. The lowest BCUT2D eigenvalue weighted by Crippen LogP contribution is -2.45. The third-order valence-corrected chi connectivity index (χ3v) is 6.25. The lowest BCUT2D eigenvalue weighted by atomic mass is 10.1. The number of methoxy groups -OCH3 is 1. The molecule has 2 aliphatic heterocycles. The number of nitrogens with zero attached hydrogens (tertiary/aromatic N) is 2. The van der Waals surface area contributed by atoms with Crippen molar-refractivity contribution in [1.29, 1.82) is 0 Å². The lowest BCUT2D eigenvalue weighted by Gasteiger charge is -2.28. The standard InChI is InChI=1S/C24H27ClN4O5/c1-15-11-18(7-8-20(15)28-9-10-34-14-22(28)30)26-23(31)21-12-19(33-2)13-29(21)24(32)27-17-5-3-16(25)4-6-17/h3-8,11,19,21H,9-10,12-14H2,1-2H3,(H,26,31)(H,27,32)/t19-,21-/m1/s1. The smallest absolute Gasteiger partial charge is 0.322 e. The van der Waals surface area contributed by atoms with Crippen molar-refractivity contribution in [2.45, 2.75) is 25.5 Å². The Morgan fingerprint density at radius 2 is 1.85 bits per heavy atom. The summed E-state index contributed by atoms with van der Waals surface area (Å²) in [6.45, 7) is 3.22. The third-order valence-electron chi connectivity index (χ3n) is 6.00. The predicted octanol–water partition coefficient (Wildman–Crippen LogP) is 3.27. The van der Waals surface area contributed by atoms with Gasteiger partial charge in [0.1, 0.15) is 12.6 Å². The molecule has 2 N–H and O–H groups in total. The zero-order valence-electron chi connectivity index (χ0n) is 19.0. The molecule has 0 aromatic heterocycles. The van der Waals surface area contributed by atoms with Gasteiger partial charge in [0.15, 0.2) is 0 Å². The number of hydrogen-bond acceptors (Lipinski definition) is 5. The summed E-state index contributed by atoms with van der Waals surface area (Å²) in [7, 11) is 1.56. The molecule has 0 unspecified atom stereocenters. The number of carbonyl (C=O) groups is 3. The lowest BCUT2D eigenvalue weighted by molar-refractivity contribution is -0.125. The maximum absolute atomic E-state index is 13.2. The molecular formula is C24H27ClN4O5. The average Bonchev–Trinajstić information content (AvgIpc) is 3.26. The number of likely N-dealkylation sites (tertiary alicyclic amines) is 1. The summed E-state index contributed by atoms with van der Waals surface area (Å²) in [6, 6.07) is 11.1. The molecule has 2 atom stereocenters. The highest BCUT2D eigenvalue weighted by atomic mass is 35.5. The fourth-order valence-electron chi connectivity index (χ4n) is 4.20. The Morgan fingerprint density at radius 1 is 1.12 bits per heavy atom. The van der Waals surface area contributed by atoms with Crippen LogP contribution in [0.3, 0.4) is 0 Å². The van der Waals surface area contributed by atoms with Crippen LogP contribution in [0.2, 0.25) is 5.02 Å². The molecule has 2 aliphatic rings. The van der Waals surface area contributed by atoms with Gasteiger partial charge in [0.25, 0.3) is 5.91 Å². The van der Waals surface area contributed by atoms with E-state index in [1.54, 1.807) is 42.3 Å². The molecule has 2 saturated heterocycles. The van der Waals surface area contributed by atoms with Crippen molar-refractivity contribution in [3.05, 3.63) is 53.1 Å². The summed E-state index contributed by atoms with van der Waals surface area (Å²) in [6.07, 6.45) is 0.138. The van der Waals surface area contributed by atoms with Gasteiger partial charge >= 0.3 is 6.03 Å². The van der Waals surface area contributed by atoms with Crippen LogP contribution in [0.1, 0.15) is 12.0 Å². The number of hydrogen-bond donors (Lipinski definition) is 2. The van der Waals surface area contributed by atoms with Gasteiger partial charge in [-0.15, -0.1) is 0 Å². The topological polar surface area (TPSA) is 100 Å². The van der Waals surface area contributed by atoms with Crippen molar-refractivity contribution in [2.75, 3.05) is 48.9 Å². The minimum absolute atomic E-state index is 0.0637. The summed E-state index contributed by atoms with van der Waals surface area (Å²) in [5.41, 5.74) is 2.81. The summed E-state index contributed by atoms with van der Waals surface area (Å²) in [5.74, 6) is -0.398. The monoisotopic (exact) mass is 486 g/mol. The minimum atomic E-state index is -0.696. The molecule has 2 aromatic carbocycles. The van der Waals surface area contributed by atoms with Gasteiger partial charge in [-0.3, -0.25) is 9.59 Å². The second-order valence-corrected chi connectivity index (χ2v) is 8.72. The molecule has 2 heterocycles. The van der Waals surface area contributed by atoms with Gasteiger partial charge in [-0.1, -0.05) is 11.6 Å². The SMILES string of the molecule is CO[C@@H]1C[C@H](C(=O)Nc2ccc(N3CCOCC3=O)c(C)c2)N(C(=O)Nc2ccc(Cl)cc2)C1. The molecule has 4 amide bonds. The van der Waals surface area contributed by atoms with Crippen LogP contribution in [0.25, 0.3) is 0 Å². The second-order valence-electron chi connectivity index (χ2n) is 8.29. The number of morpholine rings is 1. The Labute approximate surface area is 202 Å². The van der Waals surface area contributed by atoms with E-state index in [9.17, 15) is 14.4 Å². The van der Waals surface area contributed by atoms with Crippen LogP contribution in [0.4, 0.5) is 21.9 Å². The van der Waals surface area contributed by atoms with E-state index in [0.717, 1.165) is 11.3 Å². The molecule has 2 fully saturated rings. The van der Waals surface area contributed by atoms with E-state index in [1.807, 2.05) is 19.1 Å². The van der Waals surface area contributed by atoms with Gasteiger partial charge in [0.2, 0.25) is 5.91 Å². The number of carbonyl (C=O) groups excluding carboxylic acids is 3. The normalized spacial score (nSPS) is 20.4. The van der Waals surface area contributed by atoms with Gasteiger partial charge in [0.05, 0.1) is 12.7 Å². The van der Waals surface area contributed by atoms with Gasteiger partial charge in [-0.25, -0.2) is 4.79 Å². The molecule has 10 heteroatoms. The summed E-state index contributed by atoms with van der Waals surface area (Å²) < 4.78 is 10.6. The van der Waals surface area contributed by atoms with Crippen LogP contribution in [0.5, 0.6) is 0 Å². The van der Waals surface area contributed by atoms with E-state index >= 15 is 0 Å². The number of urea groups is 1. The molecule has 2 aromatic rings. The van der Waals surface area contributed by atoms with E-state index in [1.165, 1.54) is 4.90 Å². The van der Waals surface area contributed by atoms with Crippen molar-refractivity contribution >= 4 is 46.5 Å². The Hall–Kier alpha value is -3.14. The van der Waals surface area contributed by atoms with Crippen LogP contribution in [0.15, 0.2) is 42.5 Å². The number of aryl methyl sites for hydroxylation is 1. The Kier molecular flexibility index (Phi) is 7.35. The molecule has 180 valence electrons. The van der Waals surface area contributed by atoms with Gasteiger partial charge in [-0.2, -0.15) is 0 Å². The minimum Gasteiger partial charge on any atom is -0.380 e. The zero-order valence-corrected chi connectivity index (χ0v) is 19.8. The molecule has 34 heavy (non-hydrogen) atoms. The maximum Gasteiger partial charge on any atom is 0.322 e. The van der Waals surface area contributed by atoms with Gasteiger partial charge in [-0.05, 0) is 55.0 Å². The number of nitrogens with one attached hydrogen (secondary N) is 2. The highest BCUT2D eigenvalue weighted by Gasteiger charge is 2.40. The quantitative estimate of drug-likeness (QED) is 0.675. The first kappa shape index (κ1) is 24.0. The van der Waals surface area contributed by atoms with Crippen molar-refractivity contribution in [2.24, 2.45) is 0 Å². The number of halogens is 1. The number of amides is 4. The Balaban J connectivity index is 1.45. The summed E-state index contributed by atoms with van der Waals surface area (Å²) >= 11 is 5.91. The second kappa shape index (κ2) is 10.4. The number of anilines is 3. The van der Waals surface area contributed by atoms with Crippen LogP contribution in [-0.4, -0.2) is 68.3 Å². The Bertz CT molecular complexity index is 1080. The predicted molar refractivity (Wildman–Crippen MR) is 129 cm³/mol. The van der Waals surface area contributed by atoms with E-state index in [2.05, 4.69) is 10.6 Å². The zero-order chi connectivity index (χ0) is 24.2. The van der Waals surface area contributed by atoms with Crippen LogP contribution >= 0.6 is 11.6 Å². The average molecular weight is 487 g/mol. The molecule has 0 bridgehead atoms. The number of ether oxygens (including phenoxy) is 2. The maximum atomic E-state index is 13.2. The number of rotatable bonds is 5. The van der Waals surface area contributed by atoms with E-state index in [0.29, 0.717) is 42.5 Å². The number of benzene rings is 2. The van der Waals surface area contributed by atoms with E-state index < -0.39 is 6.04 Å². The summed E-state index contributed by atoms with van der Waals surface area (Å²) in [4.78, 5) is 41.4. The van der Waals surface area contributed by atoms with Crippen LogP contribution in [0, 0.1) is 6.92 Å². The van der Waals surface area contributed by atoms with Crippen LogP contribution in [-0.2, 0) is 19.1 Å². The molecule has 9 nitrogen and oxygen atoms in total. The first-order chi connectivity index (χ1) is 16.4. The first-order valence-corrected chi connectivity index (χ1v) is 11.4.